The Morgan fingerprint density at radius 3 is 2.33 bits per heavy atom. The largest absolute Gasteiger partial charge is 0.480 e. The van der Waals surface area contributed by atoms with Crippen molar-refractivity contribution in [3.05, 3.63) is 0 Å². The van der Waals surface area contributed by atoms with Crippen LogP contribution in [0.5, 0.6) is 0 Å². The molecule has 0 saturated carbocycles. The van der Waals surface area contributed by atoms with Crippen LogP contribution in [0.2, 0.25) is 0 Å². The van der Waals surface area contributed by atoms with Gasteiger partial charge in [-0.1, -0.05) is 21.6 Å². The van der Waals surface area contributed by atoms with Gasteiger partial charge in [0.2, 0.25) is 0 Å². The molecule has 0 aliphatic carbocycles. The van der Waals surface area contributed by atoms with Gasteiger partial charge in [-0.2, -0.15) is 0 Å². The van der Waals surface area contributed by atoms with Gasteiger partial charge >= 0.3 is 5.97 Å². The zero-order valence-corrected chi connectivity index (χ0v) is 8.53. The zero-order valence-electron chi connectivity index (χ0n) is 6.90. The smallest absolute Gasteiger partial charge is 0.321 e. The first-order chi connectivity index (χ1) is 5.54. The number of hydrogen-bond donors (Lipinski definition) is 3. The highest BCUT2D eigenvalue weighted by atomic mass is 33.1. The molecule has 0 rings (SSSR count). The number of carboxylic acids is 1. The number of carboxylic acid groups (broad SMARTS) is 1. The molecule has 5 N–H and O–H groups in total. The Morgan fingerprint density at radius 2 is 1.92 bits per heavy atom. The van der Waals surface area contributed by atoms with Crippen LogP contribution in [0.15, 0.2) is 0 Å². The SMILES string of the molecule is C[C@@H](N)CSSC[C@H](N)C(=O)O. The van der Waals surface area contributed by atoms with Crippen LogP contribution < -0.4 is 11.5 Å². The first-order valence-corrected chi connectivity index (χ1v) is 6.01. The van der Waals surface area contributed by atoms with E-state index in [1.54, 1.807) is 10.8 Å². The molecular formula is C6H14N2O2S2. The lowest BCUT2D eigenvalue weighted by Crippen LogP contribution is -2.32. The van der Waals surface area contributed by atoms with E-state index in [0.717, 1.165) is 5.75 Å². The molecule has 0 aromatic heterocycles. The van der Waals surface area contributed by atoms with Gasteiger partial charge in [0.15, 0.2) is 0 Å². The number of hydrogen-bond acceptors (Lipinski definition) is 5. The fraction of sp³-hybridized carbons (Fsp3) is 0.833. The third-order valence-electron chi connectivity index (χ3n) is 0.979. The number of rotatable bonds is 6. The average Bonchev–Trinajstić information content (AvgIpc) is 1.97. The van der Waals surface area contributed by atoms with E-state index in [0.29, 0.717) is 5.75 Å². The summed E-state index contributed by atoms with van der Waals surface area (Å²) in [5.74, 6) is 0.285. The molecule has 0 heterocycles. The van der Waals surface area contributed by atoms with Crippen molar-refractivity contribution < 1.29 is 9.90 Å². The topological polar surface area (TPSA) is 89.3 Å². The highest BCUT2D eigenvalue weighted by molar-refractivity contribution is 8.76. The van der Waals surface area contributed by atoms with E-state index in [9.17, 15) is 4.79 Å². The van der Waals surface area contributed by atoms with Crippen molar-refractivity contribution in [3.63, 3.8) is 0 Å². The molecule has 6 heteroatoms. The van der Waals surface area contributed by atoms with Crippen molar-refractivity contribution in [2.24, 2.45) is 11.5 Å². The van der Waals surface area contributed by atoms with Crippen LogP contribution in [0.1, 0.15) is 6.92 Å². The molecule has 0 spiro atoms. The molecule has 2 atom stereocenters. The zero-order chi connectivity index (χ0) is 9.56. The quantitative estimate of drug-likeness (QED) is 0.426. The van der Waals surface area contributed by atoms with Gasteiger partial charge in [-0.25, -0.2) is 0 Å². The lowest BCUT2D eigenvalue weighted by atomic mass is 10.4. The molecular weight excluding hydrogens is 196 g/mol. The summed E-state index contributed by atoms with van der Waals surface area (Å²) >= 11 is 0. The summed E-state index contributed by atoms with van der Waals surface area (Å²) in [5.41, 5.74) is 10.8. The van der Waals surface area contributed by atoms with Gasteiger partial charge in [-0.15, -0.1) is 0 Å². The second kappa shape index (κ2) is 6.59. The lowest BCUT2D eigenvalue weighted by Gasteiger charge is -2.06. The van der Waals surface area contributed by atoms with Gasteiger partial charge in [0.05, 0.1) is 0 Å². The molecule has 0 aliphatic rings. The van der Waals surface area contributed by atoms with Gasteiger partial charge in [-0.3, -0.25) is 4.79 Å². The summed E-state index contributed by atoms with van der Waals surface area (Å²) in [6.07, 6.45) is 0. The van der Waals surface area contributed by atoms with E-state index in [-0.39, 0.29) is 6.04 Å². The minimum absolute atomic E-state index is 0.142. The second-order valence-corrected chi connectivity index (χ2v) is 5.04. The van der Waals surface area contributed by atoms with Crippen LogP contribution in [-0.2, 0) is 4.79 Å². The summed E-state index contributed by atoms with van der Waals surface area (Å²) in [6, 6.07) is -0.626. The standard InChI is InChI=1S/C6H14N2O2S2/c1-4(7)2-11-12-3-5(8)6(9)10/h4-5H,2-3,7-8H2,1H3,(H,9,10)/t4-,5+/m1/s1. The van der Waals surface area contributed by atoms with E-state index in [4.69, 9.17) is 16.6 Å². The van der Waals surface area contributed by atoms with E-state index in [2.05, 4.69) is 0 Å². The fourth-order valence-corrected chi connectivity index (χ4v) is 2.71. The van der Waals surface area contributed by atoms with E-state index < -0.39 is 12.0 Å². The molecule has 0 aromatic rings. The maximum atomic E-state index is 10.3. The predicted octanol–water partition coefficient (Wildman–Crippen LogP) is 0.127. The van der Waals surface area contributed by atoms with E-state index >= 15 is 0 Å². The van der Waals surface area contributed by atoms with Crippen LogP contribution in [0.3, 0.4) is 0 Å². The molecule has 0 aliphatic heterocycles. The van der Waals surface area contributed by atoms with Crippen molar-refractivity contribution in [3.8, 4) is 0 Å². The van der Waals surface area contributed by atoms with Crippen LogP contribution in [-0.4, -0.2) is 34.7 Å². The minimum Gasteiger partial charge on any atom is -0.480 e. The van der Waals surface area contributed by atoms with Crippen molar-refractivity contribution in [1.82, 2.24) is 0 Å². The Kier molecular flexibility index (Phi) is 6.64. The van der Waals surface area contributed by atoms with Gasteiger partial charge in [0.25, 0.3) is 0 Å². The molecule has 0 bridgehead atoms. The van der Waals surface area contributed by atoms with E-state index in [1.165, 1.54) is 10.8 Å². The molecule has 0 saturated heterocycles. The Hall–Kier alpha value is 0.0900. The van der Waals surface area contributed by atoms with Crippen molar-refractivity contribution in [2.45, 2.75) is 19.0 Å². The Balaban J connectivity index is 3.25. The second-order valence-electron chi connectivity index (χ2n) is 2.49. The maximum Gasteiger partial charge on any atom is 0.321 e. The van der Waals surface area contributed by atoms with Crippen molar-refractivity contribution in [1.29, 1.82) is 0 Å². The summed E-state index contributed by atoms with van der Waals surface area (Å²) < 4.78 is 0. The number of aliphatic carboxylic acids is 1. The third-order valence-corrected chi connectivity index (χ3v) is 3.62. The minimum atomic E-state index is -0.955. The van der Waals surface area contributed by atoms with Crippen LogP contribution in [0, 0.1) is 0 Å². The van der Waals surface area contributed by atoms with Crippen LogP contribution >= 0.6 is 21.6 Å². The van der Waals surface area contributed by atoms with Gasteiger partial charge < -0.3 is 16.6 Å². The molecule has 0 radical (unpaired) electrons. The highest BCUT2D eigenvalue weighted by Gasteiger charge is 2.10. The fourth-order valence-electron chi connectivity index (χ4n) is 0.348. The molecule has 4 nitrogen and oxygen atoms in total. The predicted molar refractivity (Wildman–Crippen MR) is 54.2 cm³/mol. The molecule has 72 valence electrons. The average molecular weight is 210 g/mol. The number of nitrogens with two attached hydrogens (primary N) is 2. The normalized spacial score (nSPS) is 15.6. The summed E-state index contributed by atoms with van der Waals surface area (Å²) in [6.45, 7) is 1.91. The molecule has 12 heavy (non-hydrogen) atoms. The molecule has 0 unspecified atom stereocenters. The first kappa shape index (κ1) is 12.1. The first-order valence-electron chi connectivity index (χ1n) is 3.52. The highest BCUT2D eigenvalue weighted by Crippen LogP contribution is 2.21. The molecule has 0 amide bonds. The summed E-state index contributed by atoms with van der Waals surface area (Å²) in [4.78, 5) is 10.3. The maximum absolute atomic E-state index is 10.3. The lowest BCUT2D eigenvalue weighted by molar-refractivity contribution is -0.137. The summed E-state index contributed by atoms with van der Waals surface area (Å²) in [5, 5.41) is 8.42. The van der Waals surface area contributed by atoms with Gasteiger partial charge in [0, 0.05) is 17.5 Å². The summed E-state index contributed by atoms with van der Waals surface area (Å²) in [7, 11) is 3.00. The van der Waals surface area contributed by atoms with Crippen molar-refractivity contribution >= 4 is 27.6 Å². The Morgan fingerprint density at radius 1 is 1.42 bits per heavy atom. The van der Waals surface area contributed by atoms with Crippen LogP contribution in [0.4, 0.5) is 0 Å². The van der Waals surface area contributed by atoms with Crippen LogP contribution in [0.25, 0.3) is 0 Å². The molecule has 0 aromatic carbocycles. The third kappa shape index (κ3) is 6.78. The number of carbonyl (C=O) groups is 1. The van der Waals surface area contributed by atoms with E-state index in [1.807, 2.05) is 6.92 Å². The van der Waals surface area contributed by atoms with Gasteiger partial charge in [-0.05, 0) is 6.92 Å². The molecule has 0 fully saturated rings. The van der Waals surface area contributed by atoms with Crippen molar-refractivity contribution in [2.75, 3.05) is 11.5 Å². The van der Waals surface area contributed by atoms with Gasteiger partial charge in [0.1, 0.15) is 6.04 Å². The Bertz CT molecular complexity index is 144. The monoisotopic (exact) mass is 210 g/mol. The Labute approximate surface area is 79.8 Å².